The fourth-order valence-electron chi connectivity index (χ4n) is 4.79. The average Bonchev–Trinajstić information content (AvgIpc) is 3.59. The number of amides is 1. The van der Waals surface area contributed by atoms with E-state index in [0.29, 0.717) is 18.4 Å². The molecule has 1 aliphatic carbocycles. The van der Waals surface area contributed by atoms with Gasteiger partial charge in [0.1, 0.15) is 16.8 Å². The molecular formula is C24H24ClFN4O5S. The van der Waals surface area contributed by atoms with Crippen LogP contribution in [0.4, 0.5) is 10.1 Å². The van der Waals surface area contributed by atoms with Gasteiger partial charge in [-0.2, -0.15) is 4.31 Å². The van der Waals surface area contributed by atoms with E-state index in [2.05, 4.69) is 10.2 Å². The van der Waals surface area contributed by atoms with Crippen molar-refractivity contribution in [2.75, 3.05) is 11.6 Å². The molecule has 5 rings (SSSR count). The third-order valence-corrected chi connectivity index (χ3v) is 9.05. The Balaban J connectivity index is 1.71. The first-order valence-electron chi connectivity index (χ1n) is 11.4. The number of H-pyrrole nitrogens is 1. The summed E-state index contributed by atoms with van der Waals surface area (Å²) in [5, 5.41) is 6.37. The van der Waals surface area contributed by atoms with E-state index in [1.807, 2.05) is 6.92 Å². The first-order chi connectivity index (χ1) is 17.0. The number of aryl methyl sites for hydroxylation is 1. The van der Waals surface area contributed by atoms with Gasteiger partial charge in [0.25, 0.3) is 0 Å². The van der Waals surface area contributed by atoms with Crippen molar-refractivity contribution in [3.63, 3.8) is 0 Å². The first kappa shape index (κ1) is 24.7. The van der Waals surface area contributed by atoms with Gasteiger partial charge in [0.2, 0.25) is 21.8 Å². The third-order valence-electron chi connectivity index (χ3n) is 6.95. The average molecular weight is 535 g/mol. The van der Waals surface area contributed by atoms with Crippen LogP contribution in [-0.4, -0.2) is 35.5 Å². The smallest absolute Gasteiger partial charge is 0.391 e. The summed E-state index contributed by atoms with van der Waals surface area (Å²) in [4.78, 5) is 26.4. The number of benzene rings is 2. The number of aromatic amines is 1. The highest BCUT2D eigenvalue weighted by molar-refractivity contribution is 7.89. The molecule has 2 heterocycles. The van der Waals surface area contributed by atoms with Crippen LogP contribution in [0.2, 0.25) is 5.02 Å². The molecule has 1 saturated carbocycles. The second kappa shape index (κ2) is 8.82. The minimum Gasteiger partial charge on any atom is -0.391 e. The molecule has 1 amide bonds. The largest absolute Gasteiger partial charge is 0.434 e. The molecule has 1 aliphatic heterocycles. The van der Waals surface area contributed by atoms with Crippen molar-refractivity contribution in [1.29, 1.82) is 0 Å². The van der Waals surface area contributed by atoms with Gasteiger partial charge in [-0.15, -0.1) is 5.10 Å². The lowest BCUT2D eigenvalue weighted by atomic mass is 9.87. The lowest BCUT2D eigenvalue weighted by Gasteiger charge is -2.41. The number of hydrogen-bond donors (Lipinski definition) is 1. The highest BCUT2D eigenvalue weighted by atomic mass is 35.5. The van der Waals surface area contributed by atoms with E-state index in [-0.39, 0.29) is 45.6 Å². The Hall–Kier alpha value is -3.02. The number of anilines is 1. The van der Waals surface area contributed by atoms with Gasteiger partial charge in [0, 0.05) is 16.9 Å². The van der Waals surface area contributed by atoms with Gasteiger partial charge in [-0.1, -0.05) is 24.6 Å². The van der Waals surface area contributed by atoms with E-state index in [4.69, 9.17) is 16.0 Å². The van der Waals surface area contributed by atoms with Crippen LogP contribution >= 0.6 is 11.6 Å². The number of sulfonamides is 1. The lowest BCUT2D eigenvalue weighted by molar-refractivity contribution is -0.120. The summed E-state index contributed by atoms with van der Waals surface area (Å²) in [5.74, 6) is -2.91. The molecule has 1 N–H and O–H groups in total. The van der Waals surface area contributed by atoms with Crippen molar-refractivity contribution >= 4 is 33.2 Å². The molecule has 0 radical (unpaired) electrons. The summed E-state index contributed by atoms with van der Waals surface area (Å²) >= 11 is 6.16. The second-order valence-corrected chi connectivity index (χ2v) is 11.6. The summed E-state index contributed by atoms with van der Waals surface area (Å²) in [6, 6.07) is 5.94. The van der Waals surface area contributed by atoms with Crippen molar-refractivity contribution in [3.8, 4) is 0 Å². The normalized spacial score (nSPS) is 19.1. The number of fused-ring (bicyclic) bond motifs is 1. The van der Waals surface area contributed by atoms with E-state index in [0.717, 1.165) is 9.87 Å². The Bertz CT molecular complexity index is 1530. The predicted octanol–water partition coefficient (Wildman–Crippen LogP) is 4.02. The highest BCUT2D eigenvalue weighted by Gasteiger charge is 2.48. The zero-order valence-corrected chi connectivity index (χ0v) is 21.4. The van der Waals surface area contributed by atoms with E-state index >= 15 is 4.39 Å². The fourth-order valence-corrected chi connectivity index (χ4v) is 6.72. The molecule has 0 saturated heterocycles. The minimum absolute atomic E-state index is 0.122. The molecule has 2 aliphatic rings. The van der Waals surface area contributed by atoms with Gasteiger partial charge in [0.15, 0.2) is 0 Å². The second-order valence-electron chi connectivity index (χ2n) is 9.27. The minimum atomic E-state index is -4.26. The maximum Gasteiger partial charge on any atom is 0.434 e. The van der Waals surface area contributed by atoms with Gasteiger partial charge < -0.3 is 4.42 Å². The topological polar surface area (TPSA) is 117 Å². The molecule has 3 aromatic rings. The number of rotatable bonds is 5. The quantitative estimate of drug-likeness (QED) is 0.528. The van der Waals surface area contributed by atoms with Crippen LogP contribution in [-0.2, 0) is 14.8 Å². The van der Waals surface area contributed by atoms with Crippen molar-refractivity contribution in [1.82, 2.24) is 14.5 Å². The number of aromatic nitrogens is 2. The van der Waals surface area contributed by atoms with Crippen molar-refractivity contribution < 1.29 is 22.0 Å². The molecule has 2 atom stereocenters. The summed E-state index contributed by atoms with van der Waals surface area (Å²) in [6.45, 7) is 4.84. The van der Waals surface area contributed by atoms with Crippen LogP contribution in [0.1, 0.15) is 54.3 Å². The number of carbonyl (C=O) groups excluding carboxylic acids is 1. The molecule has 190 valence electrons. The molecule has 0 spiro atoms. The zero-order valence-electron chi connectivity index (χ0n) is 19.8. The summed E-state index contributed by atoms with van der Waals surface area (Å²) in [5.41, 5.74) is 1.90. The predicted molar refractivity (Wildman–Crippen MR) is 130 cm³/mol. The molecule has 9 nitrogen and oxygen atoms in total. The molecule has 1 fully saturated rings. The Kier molecular flexibility index (Phi) is 6.05. The molecule has 0 unspecified atom stereocenters. The third kappa shape index (κ3) is 4.04. The van der Waals surface area contributed by atoms with Crippen molar-refractivity contribution in [2.24, 2.45) is 5.92 Å². The van der Waals surface area contributed by atoms with Gasteiger partial charge >= 0.3 is 5.76 Å². The van der Waals surface area contributed by atoms with Gasteiger partial charge in [-0.25, -0.2) is 22.7 Å². The number of carbonyl (C=O) groups is 1. The SMILES string of the molecule is Cc1ccc(F)c([C@@H](C)[C@@H](c2n[nH]c(=O)o2)N2CN(C(=O)C3CC3)c3cc(Cl)ccc3S2(=O)=O)c1C. The van der Waals surface area contributed by atoms with Crippen molar-refractivity contribution in [3.05, 3.63) is 74.3 Å². The van der Waals surface area contributed by atoms with Crippen LogP contribution in [0.5, 0.6) is 0 Å². The van der Waals surface area contributed by atoms with E-state index in [9.17, 15) is 18.0 Å². The fraction of sp³-hybridized carbons (Fsp3) is 0.375. The molecule has 2 aromatic carbocycles. The maximum absolute atomic E-state index is 15.2. The van der Waals surface area contributed by atoms with Crippen LogP contribution in [0.25, 0.3) is 0 Å². The number of nitrogens with zero attached hydrogens (tertiary/aromatic N) is 3. The van der Waals surface area contributed by atoms with Gasteiger partial charge in [0.05, 0.1) is 12.4 Å². The first-order valence-corrected chi connectivity index (χ1v) is 13.3. The Morgan fingerprint density at radius 1 is 1.25 bits per heavy atom. The molecule has 1 aromatic heterocycles. The van der Waals surface area contributed by atoms with Crippen LogP contribution in [0.3, 0.4) is 0 Å². The molecule has 12 heteroatoms. The molecule has 0 bridgehead atoms. The number of halogens is 2. The summed E-state index contributed by atoms with van der Waals surface area (Å²) < 4.78 is 49.4. The van der Waals surface area contributed by atoms with Crippen LogP contribution < -0.4 is 10.7 Å². The summed E-state index contributed by atoms with van der Waals surface area (Å²) in [6.07, 6.45) is 1.42. The van der Waals surface area contributed by atoms with Gasteiger partial charge in [-0.3, -0.25) is 9.69 Å². The Morgan fingerprint density at radius 3 is 2.61 bits per heavy atom. The van der Waals surface area contributed by atoms with Crippen LogP contribution in [0, 0.1) is 25.6 Å². The number of hydrogen-bond acceptors (Lipinski definition) is 6. The molecule has 36 heavy (non-hydrogen) atoms. The van der Waals surface area contributed by atoms with E-state index in [1.54, 1.807) is 19.9 Å². The van der Waals surface area contributed by atoms with E-state index < -0.39 is 33.6 Å². The Morgan fingerprint density at radius 2 is 1.97 bits per heavy atom. The lowest BCUT2D eigenvalue weighted by Crippen LogP contribution is -2.51. The zero-order chi connectivity index (χ0) is 25.9. The van der Waals surface area contributed by atoms with Crippen molar-refractivity contribution in [2.45, 2.75) is 50.5 Å². The highest BCUT2D eigenvalue weighted by Crippen LogP contribution is 2.46. The van der Waals surface area contributed by atoms with E-state index in [1.165, 1.54) is 29.2 Å². The summed E-state index contributed by atoms with van der Waals surface area (Å²) in [7, 11) is -4.26. The number of nitrogens with one attached hydrogen (secondary N) is 1. The van der Waals surface area contributed by atoms with Gasteiger partial charge in [-0.05, 0) is 67.6 Å². The van der Waals surface area contributed by atoms with Crippen LogP contribution in [0.15, 0.2) is 44.4 Å². The maximum atomic E-state index is 15.2. The standard InChI is InChI=1S/C24H24ClFN4O5S/c1-12-4-8-17(26)20(13(12)2)14(3)21(22-27-28-24(32)35-22)30-11-29(23(31)15-5-6-15)18-10-16(25)7-9-19(18)36(30,33)34/h4,7-10,14-15,21H,5-6,11H2,1-3H3,(H,28,32)/t14-,21+/m1/s1. The Labute approximate surface area is 211 Å². The molecular weight excluding hydrogens is 511 g/mol. The monoisotopic (exact) mass is 534 g/mol.